The van der Waals surface area contributed by atoms with Crippen LogP contribution in [0.5, 0.6) is 0 Å². The topological polar surface area (TPSA) is 32.3 Å². The molecule has 3 rings (SSSR count). The van der Waals surface area contributed by atoms with Crippen LogP contribution in [0.4, 0.5) is 5.69 Å². The number of rotatable bonds is 4. The maximum Gasteiger partial charge on any atom is 0.228 e. The first-order valence-electron chi connectivity index (χ1n) is 8.86. The van der Waals surface area contributed by atoms with Crippen LogP contribution in [0, 0.1) is 19.8 Å². The lowest BCUT2D eigenvalue weighted by Crippen LogP contribution is -2.40. The van der Waals surface area contributed by atoms with Crippen LogP contribution >= 0.6 is 15.9 Å². The predicted molar refractivity (Wildman–Crippen MR) is 107 cm³/mol. The number of carbonyl (C=O) groups excluding carboxylic acids is 1. The normalized spacial score (nSPS) is 18.1. The van der Waals surface area contributed by atoms with Crippen molar-refractivity contribution in [2.24, 2.45) is 5.92 Å². The molecule has 2 aromatic carbocycles. The van der Waals surface area contributed by atoms with Crippen molar-refractivity contribution in [3.05, 3.63) is 63.6 Å². The Morgan fingerprint density at radius 3 is 2.84 bits per heavy atom. The maximum absolute atomic E-state index is 12.7. The molecule has 0 radical (unpaired) electrons. The molecular weight excluding hydrogens is 376 g/mol. The number of amides is 1. The van der Waals surface area contributed by atoms with E-state index in [1.54, 1.807) is 0 Å². The zero-order valence-electron chi connectivity index (χ0n) is 14.9. The number of piperidine rings is 1. The summed E-state index contributed by atoms with van der Waals surface area (Å²) in [5.74, 6) is 0.201. The Hall–Kier alpha value is -1.65. The standard InChI is InChI=1S/C21H25BrN2O/c1-15-8-9-20(16(2)11-15)23-21(25)18-6-4-10-24(14-18)13-17-5-3-7-19(22)12-17/h3,5,7-9,11-12,18H,4,6,10,13-14H2,1-2H3,(H,23,25). The molecule has 132 valence electrons. The van der Waals surface area contributed by atoms with Gasteiger partial charge in [-0.05, 0) is 62.6 Å². The summed E-state index contributed by atoms with van der Waals surface area (Å²) in [7, 11) is 0. The smallest absolute Gasteiger partial charge is 0.228 e. The van der Waals surface area contributed by atoms with Gasteiger partial charge in [-0.3, -0.25) is 9.69 Å². The Morgan fingerprint density at radius 2 is 2.08 bits per heavy atom. The van der Waals surface area contributed by atoms with Crippen molar-refractivity contribution in [2.75, 3.05) is 18.4 Å². The summed E-state index contributed by atoms with van der Waals surface area (Å²) in [6, 6.07) is 14.6. The van der Waals surface area contributed by atoms with Gasteiger partial charge in [0.25, 0.3) is 0 Å². The summed E-state index contributed by atoms with van der Waals surface area (Å²) in [6.45, 7) is 6.89. The maximum atomic E-state index is 12.7. The first-order valence-corrected chi connectivity index (χ1v) is 9.65. The largest absolute Gasteiger partial charge is 0.326 e. The van der Waals surface area contributed by atoms with E-state index in [1.165, 1.54) is 11.1 Å². The lowest BCUT2D eigenvalue weighted by molar-refractivity contribution is -0.121. The molecule has 0 saturated carbocycles. The number of nitrogens with one attached hydrogen (secondary N) is 1. The monoisotopic (exact) mass is 400 g/mol. The molecule has 25 heavy (non-hydrogen) atoms. The van der Waals surface area contributed by atoms with E-state index in [2.05, 4.69) is 57.3 Å². The van der Waals surface area contributed by atoms with Gasteiger partial charge in [0, 0.05) is 23.2 Å². The molecule has 1 atom stereocenters. The fraction of sp³-hybridized carbons (Fsp3) is 0.381. The second-order valence-electron chi connectivity index (χ2n) is 7.01. The third kappa shape index (κ3) is 4.93. The highest BCUT2D eigenvalue weighted by atomic mass is 79.9. The Balaban J connectivity index is 1.61. The van der Waals surface area contributed by atoms with E-state index in [0.29, 0.717) is 0 Å². The van der Waals surface area contributed by atoms with Crippen LogP contribution in [0.3, 0.4) is 0 Å². The van der Waals surface area contributed by atoms with Crippen LogP contribution in [-0.2, 0) is 11.3 Å². The van der Waals surface area contributed by atoms with Crippen LogP contribution in [0.2, 0.25) is 0 Å². The van der Waals surface area contributed by atoms with Crippen molar-refractivity contribution in [3.63, 3.8) is 0 Å². The highest BCUT2D eigenvalue weighted by Gasteiger charge is 2.26. The van der Waals surface area contributed by atoms with Gasteiger partial charge in [0.15, 0.2) is 0 Å². The van der Waals surface area contributed by atoms with Gasteiger partial charge >= 0.3 is 0 Å². The molecular formula is C21H25BrN2O. The van der Waals surface area contributed by atoms with Crippen LogP contribution < -0.4 is 5.32 Å². The van der Waals surface area contributed by atoms with Gasteiger partial charge in [-0.25, -0.2) is 0 Å². The van der Waals surface area contributed by atoms with Gasteiger partial charge in [0.05, 0.1) is 5.92 Å². The molecule has 3 nitrogen and oxygen atoms in total. The van der Waals surface area contributed by atoms with E-state index in [9.17, 15) is 4.79 Å². The molecule has 1 unspecified atom stereocenters. The molecule has 1 aliphatic heterocycles. The zero-order chi connectivity index (χ0) is 17.8. The van der Waals surface area contributed by atoms with Crippen molar-refractivity contribution in [1.29, 1.82) is 0 Å². The van der Waals surface area contributed by atoms with Gasteiger partial charge in [0.1, 0.15) is 0 Å². The molecule has 0 aromatic heterocycles. The van der Waals surface area contributed by atoms with Gasteiger partial charge in [-0.1, -0.05) is 45.8 Å². The Morgan fingerprint density at radius 1 is 1.24 bits per heavy atom. The predicted octanol–water partition coefficient (Wildman–Crippen LogP) is 4.92. The second-order valence-corrected chi connectivity index (χ2v) is 7.93. The zero-order valence-corrected chi connectivity index (χ0v) is 16.5. The lowest BCUT2D eigenvalue weighted by atomic mass is 9.96. The van der Waals surface area contributed by atoms with Crippen molar-refractivity contribution in [1.82, 2.24) is 4.90 Å². The molecule has 1 saturated heterocycles. The van der Waals surface area contributed by atoms with Gasteiger partial charge in [-0.15, -0.1) is 0 Å². The number of nitrogens with zero attached hydrogens (tertiary/aromatic N) is 1. The van der Waals surface area contributed by atoms with Gasteiger partial charge in [-0.2, -0.15) is 0 Å². The summed E-state index contributed by atoms with van der Waals surface area (Å²) >= 11 is 3.53. The average Bonchev–Trinajstić information content (AvgIpc) is 2.57. The number of benzene rings is 2. The quantitative estimate of drug-likeness (QED) is 0.789. The fourth-order valence-corrected chi connectivity index (χ4v) is 3.94. The van der Waals surface area contributed by atoms with E-state index in [1.807, 2.05) is 25.1 Å². The molecule has 2 aromatic rings. The second kappa shape index (κ2) is 8.15. The highest BCUT2D eigenvalue weighted by Crippen LogP contribution is 2.23. The molecule has 1 fully saturated rings. The van der Waals surface area contributed by atoms with Gasteiger partial charge in [0.2, 0.25) is 5.91 Å². The summed E-state index contributed by atoms with van der Waals surface area (Å²) in [5, 5.41) is 3.13. The molecule has 1 aliphatic rings. The minimum Gasteiger partial charge on any atom is -0.326 e. The number of halogens is 1. The summed E-state index contributed by atoms with van der Waals surface area (Å²) in [6.07, 6.45) is 2.03. The van der Waals surface area contributed by atoms with Crippen LogP contribution in [0.15, 0.2) is 46.9 Å². The van der Waals surface area contributed by atoms with Crippen molar-refractivity contribution in [3.8, 4) is 0 Å². The fourth-order valence-electron chi connectivity index (χ4n) is 3.50. The van der Waals surface area contributed by atoms with E-state index < -0.39 is 0 Å². The molecule has 4 heteroatoms. The lowest BCUT2D eigenvalue weighted by Gasteiger charge is -2.32. The van der Waals surface area contributed by atoms with Crippen LogP contribution in [0.25, 0.3) is 0 Å². The number of carbonyl (C=O) groups is 1. The summed E-state index contributed by atoms with van der Waals surface area (Å²) < 4.78 is 1.10. The Bertz CT molecular complexity index is 759. The van der Waals surface area contributed by atoms with Crippen LogP contribution in [0.1, 0.15) is 29.5 Å². The Kier molecular flexibility index (Phi) is 5.92. The molecule has 1 heterocycles. The summed E-state index contributed by atoms with van der Waals surface area (Å²) in [4.78, 5) is 15.1. The average molecular weight is 401 g/mol. The van der Waals surface area contributed by atoms with E-state index in [0.717, 1.165) is 48.2 Å². The number of likely N-dealkylation sites (tertiary alicyclic amines) is 1. The molecule has 0 spiro atoms. The van der Waals surface area contributed by atoms with Gasteiger partial charge < -0.3 is 5.32 Å². The minimum atomic E-state index is 0.0570. The first kappa shape index (κ1) is 18.2. The molecule has 1 N–H and O–H groups in total. The van der Waals surface area contributed by atoms with E-state index in [-0.39, 0.29) is 11.8 Å². The van der Waals surface area contributed by atoms with E-state index in [4.69, 9.17) is 0 Å². The van der Waals surface area contributed by atoms with Crippen molar-refractivity contribution in [2.45, 2.75) is 33.2 Å². The third-order valence-corrected chi connectivity index (χ3v) is 5.30. The summed E-state index contributed by atoms with van der Waals surface area (Å²) in [5.41, 5.74) is 4.55. The molecule has 0 aliphatic carbocycles. The third-order valence-electron chi connectivity index (χ3n) is 4.81. The number of hydrogen-bond donors (Lipinski definition) is 1. The number of aryl methyl sites for hydroxylation is 2. The SMILES string of the molecule is Cc1ccc(NC(=O)C2CCCN(Cc3cccc(Br)c3)C2)c(C)c1. The van der Waals surface area contributed by atoms with Crippen molar-refractivity contribution >= 4 is 27.5 Å². The van der Waals surface area contributed by atoms with Crippen LogP contribution in [-0.4, -0.2) is 23.9 Å². The molecule has 1 amide bonds. The number of hydrogen-bond acceptors (Lipinski definition) is 2. The van der Waals surface area contributed by atoms with Crippen molar-refractivity contribution < 1.29 is 4.79 Å². The Labute approximate surface area is 158 Å². The first-order chi connectivity index (χ1) is 12.0. The number of anilines is 1. The minimum absolute atomic E-state index is 0.0570. The highest BCUT2D eigenvalue weighted by molar-refractivity contribution is 9.10. The molecule has 0 bridgehead atoms. The van der Waals surface area contributed by atoms with E-state index >= 15 is 0 Å².